The van der Waals surface area contributed by atoms with Crippen LogP contribution in [0.2, 0.25) is 0 Å². The van der Waals surface area contributed by atoms with E-state index < -0.39 is 6.61 Å². The molecule has 29 heavy (non-hydrogen) atoms. The fourth-order valence-corrected chi connectivity index (χ4v) is 5.19. The molecular formula is C26H30F2O. The van der Waals surface area contributed by atoms with Crippen molar-refractivity contribution in [2.75, 3.05) is 0 Å². The van der Waals surface area contributed by atoms with Gasteiger partial charge >= 0.3 is 6.61 Å². The first-order valence-electron chi connectivity index (χ1n) is 10.9. The molecule has 2 aliphatic rings. The molecule has 0 bridgehead atoms. The van der Waals surface area contributed by atoms with Gasteiger partial charge in [-0.1, -0.05) is 36.4 Å². The van der Waals surface area contributed by atoms with Gasteiger partial charge in [-0.15, -0.1) is 0 Å². The van der Waals surface area contributed by atoms with Crippen molar-refractivity contribution in [3.05, 3.63) is 76.4 Å². The van der Waals surface area contributed by atoms with Crippen LogP contribution in [0.25, 0.3) is 0 Å². The Morgan fingerprint density at radius 2 is 1.66 bits per heavy atom. The summed E-state index contributed by atoms with van der Waals surface area (Å²) in [5.74, 6) is 1.51. The monoisotopic (exact) mass is 396 g/mol. The molecule has 0 amide bonds. The lowest BCUT2D eigenvalue weighted by atomic mass is 9.73. The van der Waals surface area contributed by atoms with Crippen LogP contribution in [0.5, 0.6) is 5.75 Å². The minimum absolute atomic E-state index is 0.234. The zero-order chi connectivity index (χ0) is 20.2. The molecule has 2 aromatic rings. The van der Waals surface area contributed by atoms with Crippen LogP contribution in [0, 0.1) is 5.92 Å². The van der Waals surface area contributed by atoms with E-state index in [9.17, 15) is 8.78 Å². The highest BCUT2D eigenvalue weighted by Crippen LogP contribution is 2.39. The molecular weight excluding hydrogens is 366 g/mol. The van der Waals surface area contributed by atoms with Crippen LogP contribution in [0.1, 0.15) is 66.3 Å². The lowest BCUT2D eigenvalue weighted by Gasteiger charge is -2.32. The van der Waals surface area contributed by atoms with E-state index in [4.69, 9.17) is 0 Å². The van der Waals surface area contributed by atoms with Gasteiger partial charge in [0.05, 0.1) is 0 Å². The summed E-state index contributed by atoms with van der Waals surface area (Å²) < 4.78 is 29.2. The van der Waals surface area contributed by atoms with E-state index in [1.165, 1.54) is 43.2 Å². The highest BCUT2D eigenvalue weighted by molar-refractivity contribution is 5.45. The quantitative estimate of drug-likeness (QED) is 0.477. The van der Waals surface area contributed by atoms with Crippen molar-refractivity contribution in [2.45, 2.75) is 70.8 Å². The normalized spacial score (nSPS) is 21.2. The first-order valence-corrected chi connectivity index (χ1v) is 10.9. The zero-order valence-corrected chi connectivity index (χ0v) is 17.2. The molecule has 154 valence electrons. The van der Waals surface area contributed by atoms with Gasteiger partial charge in [0.1, 0.15) is 5.75 Å². The summed E-state index contributed by atoms with van der Waals surface area (Å²) in [6.45, 7) is -0.669. The number of allylic oxidation sites excluding steroid dienone is 2. The zero-order valence-electron chi connectivity index (χ0n) is 17.2. The SMILES string of the molecule is CC=CCC[C@H]1CCc2c(ccc3c2CC[C@H](c2ccc(OC(F)F)cc2)C3)C1. The second-order valence-electron chi connectivity index (χ2n) is 8.48. The third-order valence-corrected chi connectivity index (χ3v) is 6.70. The van der Waals surface area contributed by atoms with E-state index in [-0.39, 0.29) is 5.75 Å². The topological polar surface area (TPSA) is 9.23 Å². The second kappa shape index (κ2) is 9.11. The third-order valence-electron chi connectivity index (χ3n) is 6.70. The Labute approximate surface area is 172 Å². The number of benzene rings is 2. The lowest BCUT2D eigenvalue weighted by molar-refractivity contribution is -0.0498. The Bertz CT molecular complexity index is 854. The van der Waals surface area contributed by atoms with Gasteiger partial charge in [0.15, 0.2) is 0 Å². The molecule has 4 rings (SSSR count). The van der Waals surface area contributed by atoms with Crippen LogP contribution in [0.15, 0.2) is 48.6 Å². The first kappa shape index (κ1) is 20.1. The fourth-order valence-electron chi connectivity index (χ4n) is 5.19. The molecule has 0 aliphatic heterocycles. The van der Waals surface area contributed by atoms with Crippen LogP contribution in [-0.2, 0) is 25.7 Å². The molecule has 1 nitrogen and oxygen atoms in total. The standard InChI is InChI=1S/C26H30F2O/c1-2-3-4-5-18-6-14-24-21(16-18)7-8-22-17-20(11-15-25(22)24)19-9-12-23(13-10-19)29-26(27)28/h2-3,7-10,12-13,18,20,26H,4-6,11,14-17H2,1H3/t18-,20-/m0/s1. The summed E-state index contributed by atoms with van der Waals surface area (Å²) in [6, 6.07) is 11.9. The van der Waals surface area contributed by atoms with E-state index >= 15 is 0 Å². The average molecular weight is 397 g/mol. The molecule has 0 aromatic heterocycles. The molecule has 0 fully saturated rings. The summed E-state index contributed by atoms with van der Waals surface area (Å²) in [5.41, 5.74) is 7.51. The van der Waals surface area contributed by atoms with E-state index in [1.54, 1.807) is 28.8 Å². The first-order chi connectivity index (χ1) is 14.1. The van der Waals surface area contributed by atoms with Crippen LogP contribution in [-0.4, -0.2) is 6.61 Å². The van der Waals surface area contributed by atoms with Gasteiger partial charge in [-0.3, -0.25) is 0 Å². The Morgan fingerprint density at radius 3 is 2.34 bits per heavy atom. The van der Waals surface area contributed by atoms with E-state index in [2.05, 4.69) is 35.9 Å². The third kappa shape index (κ3) is 4.71. The van der Waals surface area contributed by atoms with Crippen molar-refractivity contribution in [3.63, 3.8) is 0 Å². The number of hydrogen-bond donors (Lipinski definition) is 0. The second-order valence-corrected chi connectivity index (χ2v) is 8.48. The fraction of sp³-hybridized carbons (Fsp3) is 0.462. The maximum absolute atomic E-state index is 12.4. The molecule has 2 atom stereocenters. The summed E-state index contributed by atoms with van der Waals surface area (Å²) in [7, 11) is 0. The van der Waals surface area contributed by atoms with Gasteiger partial charge in [-0.05, 0) is 110 Å². The molecule has 3 heteroatoms. The number of rotatable bonds is 6. The molecule has 2 aromatic carbocycles. The Hall–Kier alpha value is -2.16. The van der Waals surface area contributed by atoms with Gasteiger partial charge < -0.3 is 4.74 Å². The van der Waals surface area contributed by atoms with Crippen molar-refractivity contribution >= 4 is 0 Å². The molecule has 2 aliphatic carbocycles. The number of fused-ring (bicyclic) bond motifs is 3. The van der Waals surface area contributed by atoms with Crippen molar-refractivity contribution in [3.8, 4) is 5.75 Å². The Balaban J connectivity index is 1.45. The smallest absolute Gasteiger partial charge is 0.387 e. The van der Waals surface area contributed by atoms with Gasteiger partial charge in [0.2, 0.25) is 0 Å². The maximum atomic E-state index is 12.4. The van der Waals surface area contributed by atoms with Gasteiger partial charge in [-0.25, -0.2) is 0 Å². The minimum atomic E-state index is -2.77. The highest BCUT2D eigenvalue weighted by Gasteiger charge is 2.26. The van der Waals surface area contributed by atoms with Gasteiger partial charge in [0.25, 0.3) is 0 Å². The van der Waals surface area contributed by atoms with Gasteiger partial charge in [0, 0.05) is 0 Å². The molecule has 0 unspecified atom stereocenters. The minimum Gasteiger partial charge on any atom is -0.435 e. The molecule has 0 spiro atoms. The predicted octanol–water partition coefficient (Wildman–Crippen LogP) is 7.02. The molecule has 0 saturated carbocycles. The van der Waals surface area contributed by atoms with Crippen LogP contribution in [0.4, 0.5) is 8.78 Å². The lowest BCUT2D eigenvalue weighted by Crippen LogP contribution is -2.20. The van der Waals surface area contributed by atoms with Crippen molar-refractivity contribution in [1.29, 1.82) is 0 Å². The van der Waals surface area contributed by atoms with Crippen LogP contribution in [0.3, 0.4) is 0 Å². The van der Waals surface area contributed by atoms with Gasteiger partial charge in [-0.2, -0.15) is 8.78 Å². The molecule has 0 N–H and O–H groups in total. The number of ether oxygens (including phenoxy) is 1. The summed E-state index contributed by atoms with van der Waals surface area (Å²) in [5, 5.41) is 0. The average Bonchev–Trinajstić information content (AvgIpc) is 2.73. The van der Waals surface area contributed by atoms with Crippen LogP contribution >= 0.6 is 0 Å². The van der Waals surface area contributed by atoms with Crippen molar-refractivity contribution < 1.29 is 13.5 Å². The Kier molecular flexibility index (Phi) is 6.32. The Morgan fingerprint density at radius 1 is 0.966 bits per heavy atom. The summed E-state index contributed by atoms with van der Waals surface area (Å²) in [6.07, 6.45) is 14.0. The highest BCUT2D eigenvalue weighted by atomic mass is 19.3. The molecule has 0 saturated heterocycles. The largest absolute Gasteiger partial charge is 0.435 e. The number of alkyl halides is 2. The predicted molar refractivity (Wildman–Crippen MR) is 114 cm³/mol. The maximum Gasteiger partial charge on any atom is 0.387 e. The van der Waals surface area contributed by atoms with Crippen LogP contribution < -0.4 is 4.74 Å². The summed E-state index contributed by atoms with van der Waals surface area (Å²) >= 11 is 0. The summed E-state index contributed by atoms with van der Waals surface area (Å²) in [4.78, 5) is 0. The van der Waals surface area contributed by atoms with E-state index in [0.717, 1.165) is 25.2 Å². The number of halogens is 2. The van der Waals surface area contributed by atoms with E-state index in [0.29, 0.717) is 5.92 Å². The number of hydrogen-bond acceptors (Lipinski definition) is 1. The van der Waals surface area contributed by atoms with E-state index in [1.807, 2.05) is 12.1 Å². The van der Waals surface area contributed by atoms with Crippen molar-refractivity contribution in [1.82, 2.24) is 0 Å². The van der Waals surface area contributed by atoms with Crippen molar-refractivity contribution in [2.24, 2.45) is 5.92 Å². The molecule has 0 heterocycles. The molecule has 0 radical (unpaired) electrons.